The summed E-state index contributed by atoms with van der Waals surface area (Å²) in [6, 6.07) is 0. The van der Waals surface area contributed by atoms with Crippen LogP contribution >= 0.6 is 0 Å². The molecular formula is C14H24O4. The fourth-order valence-corrected chi connectivity index (χ4v) is 3.11. The molecule has 2 aliphatic rings. The molecule has 104 valence electrons. The maximum absolute atomic E-state index is 11.9. The van der Waals surface area contributed by atoms with Crippen molar-refractivity contribution in [3.05, 3.63) is 0 Å². The Bertz CT molecular complexity index is 271. The van der Waals surface area contributed by atoms with Crippen molar-refractivity contribution in [2.75, 3.05) is 33.5 Å². The molecule has 1 spiro atoms. The van der Waals surface area contributed by atoms with Crippen molar-refractivity contribution < 1.29 is 19.0 Å². The SMILES string of the molecule is COCCOCCOC1CC(=O)C12CCCCC2. The summed E-state index contributed by atoms with van der Waals surface area (Å²) in [6.45, 7) is 2.40. The zero-order valence-corrected chi connectivity index (χ0v) is 11.3. The molecule has 2 fully saturated rings. The van der Waals surface area contributed by atoms with Crippen LogP contribution in [0.1, 0.15) is 38.5 Å². The predicted octanol–water partition coefficient (Wildman–Crippen LogP) is 1.96. The molecule has 0 heterocycles. The van der Waals surface area contributed by atoms with Crippen molar-refractivity contribution >= 4 is 5.78 Å². The minimum Gasteiger partial charge on any atom is -0.382 e. The number of hydrogen-bond acceptors (Lipinski definition) is 4. The number of ketones is 1. The van der Waals surface area contributed by atoms with E-state index in [9.17, 15) is 4.79 Å². The number of Topliss-reactive ketones (excluding diaryl/α,β-unsaturated/α-hetero) is 1. The average Bonchev–Trinajstić information content (AvgIpc) is 2.42. The molecule has 0 aromatic heterocycles. The molecule has 1 unspecified atom stereocenters. The van der Waals surface area contributed by atoms with E-state index in [1.165, 1.54) is 19.3 Å². The zero-order valence-electron chi connectivity index (χ0n) is 11.3. The molecule has 0 amide bonds. The summed E-state index contributed by atoms with van der Waals surface area (Å²) in [5.74, 6) is 0.424. The van der Waals surface area contributed by atoms with Gasteiger partial charge in [-0.1, -0.05) is 19.3 Å². The van der Waals surface area contributed by atoms with Crippen molar-refractivity contribution in [2.45, 2.75) is 44.6 Å². The molecule has 1 atom stereocenters. The van der Waals surface area contributed by atoms with E-state index in [4.69, 9.17) is 14.2 Å². The number of methoxy groups -OCH3 is 1. The Balaban J connectivity index is 1.65. The van der Waals surface area contributed by atoms with Gasteiger partial charge in [0.05, 0.1) is 37.9 Å². The molecule has 0 aromatic carbocycles. The van der Waals surface area contributed by atoms with Gasteiger partial charge in [0.2, 0.25) is 0 Å². The first-order chi connectivity index (χ1) is 8.79. The van der Waals surface area contributed by atoms with E-state index in [0.717, 1.165) is 12.8 Å². The number of ether oxygens (including phenoxy) is 3. The lowest BCUT2D eigenvalue weighted by atomic mass is 9.57. The summed E-state index contributed by atoms with van der Waals surface area (Å²) < 4.78 is 16.1. The third-order valence-corrected chi connectivity index (χ3v) is 4.27. The first-order valence-electron chi connectivity index (χ1n) is 7.01. The molecule has 0 radical (unpaired) electrons. The van der Waals surface area contributed by atoms with E-state index >= 15 is 0 Å². The molecule has 0 saturated heterocycles. The largest absolute Gasteiger partial charge is 0.382 e. The van der Waals surface area contributed by atoms with Gasteiger partial charge in [0.25, 0.3) is 0 Å². The molecule has 18 heavy (non-hydrogen) atoms. The molecule has 4 nitrogen and oxygen atoms in total. The second-order valence-corrected chi connectivity index (χ2v) is 5.31. The number of carbonyl (C=O) groups is 1. The lowest BCUT2D eigenvalue weighted by Gasteiger charge is -2.49. The molecule has 4 heteroatoms. The molecule has 2 aliphatic carbocycles. The summed E-state index contributed by atoms with van der Waals surface area (Å²) in [7, 11) is 1.66. The van der Waals surface area contributed by atoms with E-state index in [1.54, 1.807) is 7.11 Å². The van der Waals surface area contributed by atoms with Crippen molar-refractivity contribution in [3.63, 3.8) is 0 Å². The summed E-state index contributed by atoms with van der Waals surface area (Å²) in [5, 5.41) is 0. The second kappa shape index (κ2) is 6.64. The minimum absolute atomic E-state index is 0.120. The van der Waals surface area contributed by atoms with E-state index in [-0.39, 0.29) is 11.5 Å². The topological polar surface area (TPSA) is 44.8 Å². The molecule has 2 rings (SSSR count). The molecule has 0 aromatic rings. The van der Waals surface area contributed by atoms with Gasteiger partial charge >= 0.3 is 0 Å². The minimum atomic E-state index is -0.120. The van der Waals surface area contributed by atoms with Gasteiger partial charge in [-0.3, -0.25) is 4.79 Å². The monoisotopic (exact) mass is 256 g/mol. The Morgan fingerprint density at radius 2 is 1.83 bits per heavy atom. The lowest BCUT2D eigenvalue weighted by molar-refractivity contribution is -0.171. The van der Waals surface area contributed by atoms with Crippen LogP contribution in [0.25, 0.3) is 0 Å². The highest BCUT2D eigenvalue weighted by molar-refractivity contribution is 5.92. The van der Waals surface area contributed by atoms with E-state index in [0.29, 0.717) is 38.6 Å². The van der Waals surface area contributed by atoms with Crippen molar-refractivity contribution in [1.82, 2.24) is 0 Å². The van der Waals surface area contributed by atoms with Crippen LogP contribution in [-0.4, -0.2) is 45.4 Å². The van der Waals surface area contributed by atoms with Gasteiger partial charge in [-0.15, -0.1) is 0 Å². The van der Waals surface area contributed by atoms with Crippen LogP contribution in [0.3, 0.4) is 0 Å². The van der Waals surface area contributed by atoms with Crippen LogP contribution in [0.2, 0.25) is 0 Å². The Labute approximate surface area is 109 Å². The van der Waals surface area contributed by atoms with E-state index < -0.39 is 0 Å². The second-order valence-electron chi connectivity index (χ2n) is 5.31. The third kappa shape index (κ3) is 2.92. The summed E-state index contributed by atoms with van der Waals surface area (Å²) in [5.41, 5.74) is -0.120. The van der Waals surface area contributed by atoms with Gasteiger partial charge in [0.15, 0.2) is 0 Å². The number of rotatable bonds is 7. The Morgan fingerprint density at radius 1 is 1.11 bits per heavy atom. The van der Waals surface area contributed by atoms with E-state index in [1.807, 2.05) is 0 Å². The fourth-order valence-electron chi connectivity index (χ4n) is 3.11. The fraction of sp³-hybridized carbons (Fsp3) is 0.929. The Kier molecular flexibility index (Phi) is 5.15. The summed E-state index contributed by atoms with van der Waals surface area (Å²) in [6.07, 6.45) is 6.43. The van der Waals surface area contributed by atoms with Crippen molar-refractivity contribution in [2.24, 2.45) is 5.41 Å². The van der Waals surface area contributed by atoms with Gasteiger partial charge in [-0.2, -0.15) is 0 Å². The molecule has 0 bridgehead atoms. The number of carbonyl (C=O) groups excluding carboxylic acids is 1. The average molecular weight is 256 g/mol. The van der Waals surface area contributed by atoms with Gasteiger partial charge < -0.3 is 14.2 Å². The van der Waals surface area contributed by atoms with Crippen LogP contribution in [0, 0.1) is 5.41 Å². The normalized spacial score (nSPS) is 26.3. The quantitative estimate of drug-likeness (QED) is 0.653. The number of hydrogen-bond donors (Lipinski definition) is 0. The summed E-state index contributed by atoms with van der Waals surface area (Å²) >= 11 is 0. The van der Waals surface area contributed by atoms with Gasteiger partial charge in [0.1, 0.15) is 5.78 Å². The van der Waals surface area contributed by atoms with Gasteiger partial charge in [-0.25, -0.2) is 0 Å². The van der Waals surface area contributed by atoms with Crippen molar-refractivity contribution in [3.8, 4) is 0 Å². The summed E-state index contributed by atoms with van der Waals surface area (Å²) in [4.78, 5) is 11.9. The molecular weight excluding hydrogens is 232 g/mol. The predicted molar refractivity (Wildman–Crippen MR) is 67.6 cm³/mol. The maximum Gasteiger partial charge on any atom is 0.144 e. The standard InChI is InChI=1S/C14H24O4/c1-16-7-8-17-9-10-18-13-11-12(15)14(13)5-3-2-4-6-14/h13H,2-11H2,1H3. The van der Waals surface area contributed by atoms with Crippen molar-refractivity contribution in [1.29, 1.82) is 0 Å². The highest BCUT2D eigenvalue weighted by atomic mass is 16.5. The molecule has 0 aliphatic heterocycles. The van der Waals surface area contributed by atoms with Gasteiger partial charge in [-0.05, 0) is 12.8 Å². The smallest absolute Gasteiger partial charge is 0.144 e. The highest BCUT2D eigenvalue weighted by Gasteiger charge is 2.55. The van der Waals surface area contributed by atoms with Gasteiger partial charge in [0, 0.05) is 13.5 Å². The Morgan fingerprint density at radius 3 is 2.50 bits per heavy atom. The first kappa shape index (κ1) is 14.0. The highest BCUT2D eigenvalue weighted by Crippen LogP contribution is 2.50. The van der Waals surface area contributed by atoms with Crippen LogP contribution in [0.4, 0.5) is 0 Å². The van der Waals surface area contributed by atoms with Crippen LogP contribution in [0.15, 0.2) is 0 Å². The third-order valence-electron chi connectivity index (χ3n) is 4.27. The zero-order chi connectivity index (χ0) is 12.8. The van der Waals surface area contributed by atoms with E-state index in [2.05, 4.69) is 0 Å². The Hall–Kier alpha value is -0.450. The lowest BCUT2D eigenvalue weighted by Crippen LogP contribution is -2.56. The maximum atomic E-state index is 11.9. The van der Waals surface area contributed by atoms with Crippen LogP contribution in [-0.2, 0) is 19.0 Å². The first-order valence-corrected chi connectivity index (χ1v) is 7.01. The van der Waals surface area contributed by atoms with Crippen LogP contribution < -0.4 is 0 Å². The molecule has 2 saturated carbocycles. The van der Waals surface area contributed by atoms with Crippen LogP contribution in [0.5, 0.6) is 0 Å². The molecule has 0 N–H and O–H groups in total.